The maximum absolute atomic E-state index is 4.53. The lowest BCUT2D eigenvalue weighted by Gasteiger charge is -2.17. The van der Waals surface area contributed by atoms with E-state index >= 15 is 0 Å². The van der Waals surface area contributed by atoms with E-state index in [1.807, 2.05) is 39.0 Å². The molecule has 0 saturated carbocycles. The van der Waals surface area contributed by atoms with E-state index in [4.69, 9.17) is 0 Å². The predicted molar refractivity (Wildman–Crippen MR) is 81.2 cm³/mol. The number of rotatable bonds is 5. The summed E-state index contributed by atoms with van der Waals surface area (Å²) in [5, 5.41) is 10.5. The fourth-order valence-corrected chi connectivity index (χ4v) is 2.12. The molecule has 0 spiro atoms. The van der Waals surface area contributed by atoms with Gasteiger partial charge in [0.05, 0.1) is 5.69 Å². The van der Waals surface area contributed by atoms with E-state index in [2.05, 4.69) is 38.5 Å². The van der Waals surface area contributed by atoms with Gasteiger partial charge in [0, 0.05) is 44.0 Å². The molecule has 108 valence electrons. The van der Waals surface area contributed by atoms with E-state index < -0.39 is 0 Å². The topological polar surface area (TPSA) is 69.7 Å². The number of hydrogen-bond acceptors (Lipinski definition) is 5. The Morgan fingerprint density at radius 1 is 1.35 bits per heavy atom. The summed E-state index contributed by atoms with van der Waals surface area (Å²) >= 11 is 0. The Kier molecular flexibility index (Phi) is 4.22. The summed E-state index contributed by atoms with van der Waals surface area (Å²) < 4.78 is 0. The largest absolute Gasteiger partial charge is 0.362 e. The maximum Gasteiger partial charge on any atom is 0.224 e. The molecule has 20 heavy (non-hydrogen) atoms. The smallest absolute Gasteiger partial charge is 0.224 e. The van der Waals surface area contributed by atoms with E-state index in [0.29, 0.717) is 5.95 Å². The van der Waals surface area contributed by atoms with Gasteiger partial charge >= 0.3 is 0 Å². The quantitative estimate of drug-likeness (QED) is 0.872. The first-order valence-corrected chi connectivity index (χ1v) is 6.74. The highest BCUT2D eigenvalue weighted by Gasteiger charge is 2.10. The van der Waals surface area contributed by atoms with Crippen LogP contribution >= 0.6 is 0 Å². The molecule has 2 aromatic rings. The number of H-pyrrole nitrogens is 1. The zero-order valence-electron chi connectivity index (χ0n) is 12.7. The first-order valence-electron chi connectivity index (χ1n) is 6.74. The molecule has 1 atom stereocenters. The second-order valence-electron chi connectivity index (χ2n) is 5.39. The molecule has 0 amide bonds. The van der Waals surface area contributed by atoms with Crippen molar-refractivity contribution in [2.75, 3.05) is 24.3 Å². The molecule has 2 rings (SSSR count). The van der Waals surface area contributed by atoms with Crippen LogP contribution in [0.3, 0.4) is 0 Å². The van der Waals surface area contributed by atoms with Crippen LogP contribution in [0.4, 0.5) is 11.8 Å². The third-order valence-electron chi connectivity index (χ3n) is 3.02. The van der Waals surface area contributed by atoms with E-state index in [-0.39, 0.29) is 6.04 Å². The second kappa shape index (κ2) is 5.90. The minimum absolute atomic E-state index is 0.218. The van der Waals surface area contributed by atoms with Crippen molar-refractivity contribution in [1.29, 1.82) is 0 Å². The summed E-state index contributed by atoms with van der Waals surface area (Å²) in [6.45, 7) is 6.11. The van der Waals surface area contributed by atoms with Gasteiger partial charge in [-0.25, -0.2) is 4.98 Å². The maximum atomic E-state index is 4.53. The SMILES string of the molecule is Cc1cc(C[C@H](C)Nc2ncc(C)c(N(C)C)n2)n[nH]1. The third kappa shape index (κ3) is 3.46. The predicted octanol–water partition coefficient (Wildman–Crippen LogP) is 1.93. The molecule has 0 aliphatic heterocycles. The number of nitrogens with zero attached hydrogens (tertiary/aromatic N) is 4. The molecule has 2 aromatic heterocycles. The Bertz CT molecular complexity index is 575. The first kappa shape index (κ1) is 14.3. The Labute approximate surface area is 119 Å². The number of aromatic amines is 1. The molecule has 0 unspecified atom stereocenters. The van der Waals surface area contributed by atoms with Crippen LogP contribution in [0.15, 0.2) is 12.3 Å². The molecule has 0 radical (unpaired) electrons. The molecule has 0 aromatic carbocycles. The van der Waals surface area contributed by atoms with Crippen molar-refractivity contribution in [3.8, 4) is 0 Å². The number of nitrogens with one attached hydrogen (secondary N) is 2. The number of aryl methyl sites for hydroxylation is 2. The molecule has 2 N–H and O–H groups in total. The minimum Gasteiger partial charge on any atom is -0.362 e. The molecule has 0 saturated heterocycles. The molecule has 2 heterocycles. The fourth-order valence-electron chi connectivity index (χ4n) is 2.12. The normalized spacial score (nSPS) is 12.2. The van der Waals surface area contributed by atoms with Gasteiger partial charge in [-0.2, -0.15) is 10.1 Å². The lowest BCUT2D eigenvalue weighted by Crippen LogP contribution is -2.21. The van der Waals surface area contributed by atoms with Crippen LogP contribution in [-0.4, -0.2) is 40.3 Å². The van der Waals surface area contributed by atoms with Gasteiger partial charge in [-0.1, -0.05) is 0 Å². The monoisotopic (exact) mass is 274 g/mol. The second-order valence-corrected chi connectivity index (χ2v) is 5.39. The van der Waals surface area contributed by atoms with Crippen molar-refractivity contribution in [3.63, 3.8) is 0 Å². The van der Waals surface area contributed by atoms with Crippen LogP contribution in [0.2, 0.25) is 0 Å². The number of aromatic nitrogens is 4. The van der Waals surface area contributed by atoms with E-state index in [9.17, 15) is 0 Å². The standard InChI is InChI=1S/C14H22N6/c1-9-8-15-14(17-13(9)20(4)5)16-10(2)6-12-7-11(3)18-19-12/h7-8,10H,6H2,1-5H3,(H,18,19)(H,15,16,17)/t10-/m0/s1. The molecule has 0 bridgehead atoms. The van der Waals surface area contributed by atoms with Crippen molar-refractivity contribution in [1.82, 2.24) is 20.2 Å². The van der Waals surface area contributed by atoms with Gasteiger partial charge in [0.15, 0.2) is 0 Å². The molecule has 0 fully saturated rings. The fraction of sp³-hybridized carbons (Fsp3) is 0.500. The van der Waals surface area contributed by atoms with Gasteiger partial charge in [-0.05, 0) is 26.8 Å². The minimum atomic E-state index is 0.218. The van der Waals surface area contributed by atoms with Crippen LogP contribution in [-0.2, 0) is 6.42 Å². The highest BCUT2D eigenvalue weighted by Crippen LogP contribution is 2.16. The van der Waals surface area contributed by atoms with Crippen molar-refractivity contribution in [3.05, 3.63) is 29.2 Å². The van der Waals surface area contributed by atoms with Crippen LogP contribution in [0, 0.1) is 13.8 Å². The Balaban J connectivity index is 2.04. The molecular formula is C14H22N6. The summed E-state index contributed by atoms with van der Waals surface area (Å²) in [4.78, 5) is 10.9. The summed E-state index contributed by atoms with van der Waals surface area (Å²) in [6, 6.07) is 2.27. The van der Waals surface area contributed by atoms with Crippen molar-refractivity contribution in [2.45, 2.75) is 33.2 Å². The van der Waals surface area contributed by atoms with Gasteiger partial charge in [0.1, 0.15) is 5.82 Å². The van der Waals surface area contributed by atoms with Gasteiger partial charge in [0.2, 0.25) is 5.95 Å². The summed E-state index contributed by atoms with van der Waals surface area (Å²) in [5.41, 5.74) is 3.19. The summed E-state index contributed by atoms with van der Waals surface area (Å²) in [5.74, 6) is 1.59. The van der Waals surface area contributed by atoms with Gasteiger partial charge in [-0.15, -0.1) is 0 Å². The molecule has 6 heteroatoms. The van der Waals surface area contributed by atoms with Crippen LogP contribution < -0.4 is 10.2 Å². The number of hydrogen-bond donors (Lipinski definition) is 2. The highest BCUT2D eigenvalue weighted by molar-refractivity contribution is 5.47. The average Bonchev–Trinajstić information content (AvgIpc) is 2.76. The summed E-state index contributed by atoms with van der Waals surface area (Å²) in [6.07, 6.45) is 2.68. The average molecular weight is 274 g/mol. The van der Waals surface area contributed by atoms with Crippen LogP contribution in [0.5, 0.6) is 0 Å². The third-order valence-corrected chi connectivity index (χ3v) is 3.02. The van der Waals surface area contributed by atoms with E-state index in [1.54, 1.807) is 0 Å². The highest BCUT2D eigenvalue weighted by atomic mass is 15.2. The number of anilines is 2. The van der Waals surface area contributed by atoms with Crippen LogP contribution in [0.25, 0.3) is 0 Å². The van der Waals surface area contributed by atoms with Crippen LogP contribution in [0.1, 0.15) is 23.9 Å². The van der Waals surface area contributed by atoms with E-state index in [1.165, 1.54) is 0 Å². The van der Waals surface area contributed by atoms with Gasteiger partial charge in [0.25, 0.3) is 0 Å². The van der Waals surface area contributed by atoms with Crippen molar-refractivity contribution in [2.24, 2.45) is 0 Å². The first-order chi connectivity index (χ1) is 9.45. The Morgan fingerprint density at radius 3 is 2.70 bits per heavy atom. The summed E-state index contributed by atoms with van der Waals surface area (Å²) in [7, 11) is 3.96. The lowest BCUT2D eigenvalue weighted by molar-refractivity contribution is 0.753. The van der Waals surface area contributed by atoms with Crippen molar-refractivity contribution < 1.29 is 0 Å². The molecule has 6 nitrogen and oxygen atoms in total. The Morgan fingerprint density at radius 2 is 2.10 bits per heavy atom. The van der Waals surface area contributed by atoms with Gasteiger partial charge < -0.3 is 10.2 Å². The zero-order chi connectivity index (χ0) is 14.7. The zero-order valence-corrected chi connectivity index (χ0v) is 12.7. The van der Waals surface area contributed by atoms with Crippen molar-refractivity contribution >= 4 is 11.8 Å². The molecule has 0 aliphatic carbocycles. The van der Waals surface area contributed by atoms with E-state index in [0.717, 1.165) is 29.2 Å². The molecular weight excluding hydrogens is 252 g/mol. The Hall–Kier alpha value is -2.11. The molecule has 0 aliphatic rings. The van der Waals surface area contributed by atoms with Gasteiger partial charge in [-0.3, -0.25) is 5.10 Å². The lowest BCUT2D eigenvalue weighted by atomic mass is 10.2.